The smallest absolute Gasteiger partial charge is 0.259 e. The molecule has 0 bridgehead atoms. The maximum absolute atomic E-state index is 12.0. The van der Waals surface area contributed by atoms with E-state index >= 15 is 0 Å². The number of hydrogen-bond donors (Lipinski definition) is 2. The van der Waals surface area contributed by atoms with Crippen molar-refractivity contribution in [1.82, 2.24) is 5.43 Å². The van der Waals surface area contributed by atoms with Gasteiger partial charge in [-0.1, -0.05) is 50.2 Å². The summed E-state index contributed by atoms with van der Waals surface area (Å²) in [5.74, 6) is 0.969. The van der Waals surface area contributed by atoms with E-state index in [2.05, 4.69) is 41.8 Å². The number of carbonyl (C=O) groups is 1. The lowest BCUT2D eigenvalue weighted by molar-refractivity contribution is -0.119. The summed E-state index contributed by atoms with van der Waals surface area (Å²) in [4.78, 5) is 12.0. The molecule has 2 rings (SSSR count). The van der Waals surface area contributed by atoms with Crippen LogP contribution in [0.15, 0.2) is 53.6 Å². The minimum Gasteiger partial charge on any atom is -0.495 e. The highest BCUT2D eigenvalue weighted by Crippen LogP contribution is 2.22. The Kier molecular flexibility index (Phi) is 6.57. The van der Waals surface area contributed by atoms with Gasteiger partial charge >= 0.3 is 0 Å². The number of hydrogen-bond acceptors (Lipinski definition) is 4. The van der Waals surface area contributed by atoms with E-state index in [0.717, 1.165) is 17.0 Å². The molecule has 0 saturated heterocycles. The van der Waals surface area contributed by atoms with Gasteiger partial charge in [-0.2, -0.15) is 5.10 Å². The van der Waals surface area contributed by atoms with Crippen LogP contribution >= 0.6 is 0 Å². The zero-order valence-electron chi connectivity index (χ0n) is 15.2. The van der Waals surface area contributed by atoms with Crippen molar-refractivity contribution in [2.45, 2.75) is 26.7 Å². The lowest BCUT2D eigenvalue weighted by atomic mass is 10.0. The Labute approximate surface area is 149 Å². The van der Waals surface area contributed by atoms with Crippen molar-refractivity contribution in [2.24, 2.45) is 5.10 Å². The number of rotatable bonds is 7. The quantitative estimate of drug-likeness (QED) is 0.596. The van der Waals surface area contributed by atoms with Crippen molar-refractivity contribution in [2.75, 3.05) is 19.0 Å². The Morgan fingerprint density at radius 3 is 2.44 bits per heavy atom. The van der Waals surface area contributed by atoms with Crippen LogP contribution in [-0.2, 0) is 4.79 Å². The summed E-state index contributed by atoms with van der Waals surface area (Å²) in [6, 6.07) is 15.7. The maximum atomic E-state index is 12.0. The molecule has 5 heteroatoms. The highest BCUT2D eigenvalue weighted by atomic mass is 16.5. The van der Waals surface area contributed by atoms with Crippen molar-refractivity contribution in [3.63, 3.8) is 0 Å². The number of nitrogens with one attached hydrogen (secondary N) is 2. The SMILES string of the molecule is COc1ccccc1NCC(=O)N/N=C(/C)c1ccc(C(C)C)cc1. The van der Waals surface area contributed by atoms with Crippen molar-refractivity contribution < 1.29 is 9.53 Å². The van der Waals surface area contributed by atoms with E-state index in [9.17, 15) is 4.79 Å². The number of benzene rings is 2. The van der Waals surface area contributed by atoms with Crippen LogP contribution in [0.4, 0.5) is 5.69 Å². The molecule has 0 spiro atoms. The summed E-state index contributed by atoms with van der Waals surface area (Å²) in [7, 11) is 1.60. The van der Waals surface area contributed by atoms with Crippen LogP contribution in [0.3, 0.4) is 0 Å². The third kappa shape index (κ3) is 5.35. The fourth-order valence-corrected chi connectivity index (χ4v) is 2.33. The number of ether oxygens (including phenoxy) is 1. The van der Waals surface area contributed by atoms with Gasteiger partial charge in [-0.25, -0.2) is 5.43 Å². The molecule has 0 saturated carbocycles. The van der Waals surface area contributed by atoms with E-state index < -0.39 is 0 Å². The largest absolute Gasteiger partial charge is 0.495 e. The molecule has 0 aliphatic rings. The molecule has 5 nitrogen and oxygen atoms in total. The van der Waals surface area contributed by atoms with Gasteiger partial charge in [-0.15, -0.1) is 0 Å². The Morgan fingerprint density at radius 1 is 1.12 bits per heavy atom. The third-order valence-corrected chi connectivity index (χ3v) is 3.89. The number of para-hydroxylation sites is 2. The summed E-state index contributed by atoms with van der Waals surface area (Å²) < 4.78 is 5.24. The molecule has 0 heterocycles. The molecule has 2 aromatic rings. The van der Waals surface area contributed by atoms with Gasteiger partial charge in [0.25, 0.3) is 5.91 Å². The molecule has 2 aromatic carbocycles. The molecular weight excluding hydrogens is 314 g/mol. The average molecular weight is 339 g/mol. The molecular formula is C20H25N3O2. The third-order valence-electron chi connectivity index (χ3n) is 3.89. The zero-order chi connectivity index (χ0) is 18.2. The molecule has 0 aromatic heterocycles. The second kappa shape index (κ2) is 8.87. The fraction of sp³-hybridized carbons (Fsp3) is 0.300. The highest BCUT2D eigenvalue weighted by Gasteiger charge is 2.05. The first-order valence-electron chi connectivity index (χ1n) is 8.31. The Morgan fingerprint density at radius 2 is 1.80 bits per heavy atom. The van der Waals surface area contributed by atoms with Crippen LogP contribution < -0.4 is 15.5 Å². The number of methoxy groups -OCH3 is 1. The van der Waals surface area contributed by atoms with Gasteiger partial charge in [0.15, 0.2) is 0 Å². The zero-order valence-corrected chi connectivity index (χ0v) is 15.2. The summed E-state index contributed by atoms with van der Waals surface area (Å²) in [6.07, 6.45) is 0. The lowest BCUT2D eigenvalue weighted by Gasteiger charge is -2.10. The number of hydrazone groups is 1. The van der Waals surface area contributed by atoms with Crippen LogP contribution in [0.5, 0.6) is 5.75 Å². The Hall–Kier alpha value is -2.82. The second-order valence-corrected chi connectivity index (χ2v) is 6.06. The maximum Gasteiger partial charge on any atom is 0.259 e. The Balaban J connectivity index is 1.90. The van der Waals surface area contributed by atoms with E-state index in [0.29, 0.717) is 11.7 Å². The molecule has 0 aliphatic heterocycles. The molecule has 25 heavy (non-hydrogen) atoms. The molecule has 0 atom stereocenters. The van der Waals surface area contributed by atoms with Gasteiger partial charge in [-0.05, 0) is 36.1 Å². The van der Waals surface area contributed by atoms with E-state index in [1.165, 1.54) is 5.56 Å². The number of nitrogens with zero attached hydrogens (tertiary/aromatic N) is 1. The molecule has 132 valence electrons. The molecule has 0 radical (unpaired) electrons. The van der Waals surface area contributed by atoms with E-state index in [1.54, 1.807) is 7.11 Å². The molecule has 0 aliphatic carbocycles. The monoisotopic (exact) mass is 339 g/mol. The molecule has 2 N–H and O–H groups in total. The second-order valence-electron chi connectivity index (χ2n) is 6.06. The van der Waals surface area contributed by atoms with Crippen LogP contribution in [0.2, 0.25) is 0 Å². The summed E-state index contributed by atoms with van der Waals surface area (Å²) in [5, 5.41) is 7.21. The molecule has 1 amide bonds. The van der Waals surface area contributed by atoms with Crippen molar-refractivity contribution >= 4 is 17.3 Å². The van der Waals surface area contributed by atoms with E-state index in [4.69, 9.17) is 4.74 Å². The van der Waals surface area contributed by atoms with Gasteiger partial charge in [0.1, 0.15) is 5.75 Å². The number of amides is 1. The van der Waals surface area contributed by atoms with Gasteiger partial charge < -0.3 is 10.1 Å². The minimum absolute atomic E-state index is 0.115. The topological polar surface area (TPSA) is 62.7 Å². The van der Waals surface area contributed by atoms with Gasteiger partial charge in [-0.3, -0.25) is 4.79 Å². The first-order valence-corrected chi connectivity index (χ1v) is 8.31. The summed E-state index contributed by atoms with van der Waals surface area (Å²) in [5.41, 5.74) is 6.37. The average Bonchev–Trinajstić information content (AvgIpc) is 2.64. The standard InChI is InChI=1S/C20H25N3O2/c1-14(2)16-9-11-17(12-10-16)15(3)22-23-20(24)13-21-18-7-5-6-8-19(18)25-4/h5-12,14,21H,13H2,1-4H3,(H,23,24)/b22-15-. The lowest BCUT2D eigenvalue weighted by Crippen LogP contribution is -2.26. The normalized spacial score (nSPS) is 11.3. The first-order chi connectivity index (χ1) is 12.0. The van der Waals surface area contributed by atoms with Gasteiger partial charge in [0, 0.05) is 0 Å². The summed E-state index contributed by atoms with van der Waals surface area (Å²) in [6.45, 7) is 6.30. The van der Waals surface area contributed by atoms with Crippen LogP contribution in [0, 0.1) is 0 Å². The predicted molar refractivity (Wildman–Crippen MR) is 102 cm³/mol. The highest BCUT2D eigenvalue weighted by molar-refractivity contribution is 5.99. The van der Waals surface area contributed by atoms with Gasteiger partial charge in [0.2, 0.25) is 0 Å². The van der Waals surface area contributed by atoms with Crippen molar-refractivity contribution in [3.05, 3.63) is 59.7 Å². The molecule has 0 fully saturated rings. The van der Waals surface area contributed by atoms with Crippen LogP contribution in [0.1, 0.15) is 37.8 Å². The van der Waals surface area contributed by atoms with Crippen LogP contribution in [0.25, 0.3) is 0 Å². The minimum atomic E-state index is -0.218. The van der Waals surface area contributed by atoms with Crippen LogP contribution in [-0.4, -0.2) is 25.3 Å². The van der Waals surface area contributed by atoms with E-state index in [-0.39, 0.29) is 12.5 Å². The number of anilines is 1. The van der Waals surface area contributed by atoms with E-state index in [1.807, 2.05) is 43.3 Å². The molecule has 0 unspecified atom stereocenters. The van der Waals surface area contributed by atoms with Gasteiger partial charge in [0.05, 0.1) is 25.1 Å². The van der Waals surface area contributed by atoms with Crippen molar-refractivity contribution in [1.29, 1.82) is 0 Å². The predicted octanol–water partition coefficient (Wildman–Crippen LogP) is 3.77. The fourth-order valence-electron chi connectivity index (χ4n) is 2.33. The Bertz CT molecular complexity index is 737. The van der Waals surface area contributed by atoms with Crippen molar-refractivity contribution in [3.8, 4) is 5.75 Å². The first kappa shape index (κ1) is 18.5. The summed E-state index contributed by atoms with van der Waals surface area (Å²) >= 11 is 0. The number of carbonyl (C=O) groups excluding carboxylic acids is 1.